The van der Waals surface area contributed by atoms with Crippen LogP contribution in [0.5, 0.6) is 5.75 Å². The maximum atomic E-state index is 12.6. The van der Waals surface area contributed by atoms with E-state index in [1.807, 2.05) is 0 Å². The molecule has 18 heavy (non-hydrogen) atoms. The molecular weight excluding hydrogens is 245 g/mol. The van der Waals surface area contributed by atoms with Crippen molar-refractivity contribution >= 4 is 11.9 Å². The molecule has 98 valence electrons. The largest absolute Gasteiger partial charge is 0.484 e. The third kappa shape index (κ3) is 4.79. The number of aliphatic hydroxyl groups is 1. The van der Waals surface area contributed by atoms with Crippen molar-refractivity contribution in [2.75, 3.05) is 13.2 Å². The lowest BCUT2D eigenvalue weighted by molar-refractivity contribution is -0.146. The number of aliphatic hydroxyl groups excluding tert-OH is 1. The van der Waals surface area contributed by atoms with Crippen molar-refractivity contribution in [1.29, 1.82) is 0 Å². The molecule has 0 saturated carbocycles. The van der Waals surface area contributed by atoms with Crippen LogP contribution >= 0.6 is 0 Å². The first-order chi connectivity index (χ1) is 8.49. The Bertz CT molecular complexity index is 420. The maximum absolute atomic E-state index is 12.6. The SMILES string of the molecule is O=C(COc1ccc(F)cc1)NCC(O)C(=O)O. The van der Waals surface area contributed by atoms with Gasteiger partial charge >= 0.3 is 5.97 Å². The second kappa shape index (κ2) is 6.55. The number of aliphatic carboxylic acids is 1. The number of amides is 1. The highest BCUT2D eigenvalue weighted by Gasteiger charge is 2.14. The monoisotopic (exact) mass is 257 g/mol. The number of carboxylic acid groups (broad SMARTS) is 1. The van der Waals surface area contributed by atoms with Gasteiger partial charge in [0.15, 0.2) is 12.7 Å². The van der Waals surface area contributed by atoms with Gasteiger partial charge < -0.3 is 20.3 Å². The Labute approximate surface area is 102 Å². The number of halogens is 1. The predicted octanol–water partition coefficient (Wildman–Crippen LogP) is -0.234. The van der Waals surface area contributed by atoms with Crippen molar-refractivity contribution in [2.45, 2.75) is 6.10 Å². The first kappa shape index (κ1) is 13.9. The van der Waals surface area contributed by atoms with E-state index >= 15 is 0 Å². The Morgan fingerprint density at radius 3 is 2.50 bits per heavy atom. The quantitative estimate of drug-likeness (QED) is 0.654. The molecule has 3 N–H and O–H groups in total. The molecule has 6 nitrogen and oxygen atoms in total. The van der Waals surface area contributed by atoms with Crippen molar-refractivity contribution in [3.63, 3.8) is 0 Å². The highest BCUT2D eigenvalue weighted by molar-refractivity contribution is 5.79. The van der Waals surface area contributed by atoms with Gasteiger partial charge in [0.1, 0.15) is 11.6 Å². The highest BCUT2D eigenvalue weighted by Crippen LogP contribution is 2.10. The molecule has 0 spiro atoms. The molecule has 0 bridgehead atoms. The molecule has 0 saturated heterocycles. The Morgan fingerprint density at radius 1 is 1.33 bits per heavy atom. The van der Waals surface area contributed by atoms with Crippen LogP contribution in [0.4, 0.5) is 4.39 Å². The van der Waals surface area contributed by atoms with Crippen LogP contribution in [0.2, 0.25) is 0 Å². The molecule has 1 amide bonds. The first-order valence-electron chi connectivity index (χ1n) is 5.05. The molecule has 0 aromatic heterocycles. The van der Waals surface area contributed by atoms with Crippen LogP contribution in [-0.4, -0.2) is 41.3 Å². The Kier molecular flexibility index (Phi) is 5.06. The average Bonchev–Trinajstić information content (AvgIpc) is 2.35. The van der Waals surface area contributed by atoms with Crippen LogP contribution in [0.15, 0.2) is 24.3 Å². The molecule has 1 aromatic carbocycles. The number of nitrogens with one attached hydrogen (secondary N) is 1. The van der Waals surface area contributed by atoms with E-state index in [1.54, 1.807) is 0 Å². The summed E-state index contributed by atoms with van der Waals surface area (Å²) in [4.78, 5) is 21.5. The minimum absolute atomic E-state index is 0.310. The van der Waals surface area contributed by atoms with E-state index in [9.17, 15) is 14.0 Å². The van der Waals surface area contributed by atoms with E-state index in [-0.39, 0.29) is 6.61 Å². The molecule has 1 unspecified atom stereocenters. The third-order valence-electron chi connectivity index (χ3n) is 1.96. The lowest BCUT2D eigenvalue weighted by Gasteiger charge is -2.09. The summed E-state index contributed by atoms with van der Waals surface area (Å²) in [5, 5.41) is 19.4. The summed E-state index contributed by atoms with van der Waals surface area (Å²) in [6.45, 7) is -0.751. The summed E-state index contributed by atoms with van der Waals surface area (Å²) < 4.78 is 17.6. The van der Waals surface area contributed by atoms with E-state index in [0.29, 0.717) is 5.75 Å². The highest BCUT2D eigenvalue weighted by atomic mass is 19.1. The first-order valence-corrected chi connectivity index (χ1v) is 5.05. The topological polar surface area (TPSA) is 95.9 Å². The molecule has 0 aliphatic carbocycles. The fourth-order valence-corrected chi connectivity index (χ4v) is 1.03. The number of hydrogen-bond acceptors (Lipinski definition) is 4. The zero-order chi connectivity index (χ0) is 13.5. The van der Waals surface area contributed by atoms with Gasteiger partial charge in [-0.15, -0.1) is 0 Å². The van der Waals surface area contributed by atoms with Crippen molar-refractivity contribution < 1.29 is 28.9 Å². The number of hydrogen-bond donors (Lipinski definition) is 3. The maximum Gasteiger partial charge on any atom is 0.334 e. The standard InChI is InChI=1S/C11H12FNO5/c12-7-1-3-8(4-2-7)18-6-10(15)13-5-9(14)11(16)17/h1-4,9,14H,5-6H2,(H,13,15)(H,16,17). The van der Waals surface area contributed by atoms with Crippen molar-refractivity contribution in [2.24, 2.45) is 0 Å². The smallest absolute Gasteiger partial charge is 0.334 e. The molecule has 0 aliphatic heterocycles. The zero-order valence-electron chi connectivity index (χ0n) is 9.30. The van der Waals surface area contributed by atoms with Crippen LogP contribution in [0, 0.1) is 5.82 Å². The van der Waals surface area contributed by atoms with Gasteiger partial charge in [0.2, 0.25) is 0 Å². The lowest BCUT2D eigenvalue weighted by Crippen LogP contribution is -2.38. The molecule has 1 rings (SSSR count). The number of carbonyl (C=O) groups excluding carboxylic acids is 1. The van der Waals surface area contributed by atoms with E-state index in [2.05, 4.69) is 5.32 Å². The number of carboxylic acids is 1. The van der Waals surface area contributed by atoms with Gasteiger partial charge in [-0.2, -0.15) is 0 Å². The minimum Gasteiger partial charge on any atom is -0.484 e. The van der Waals surface area contributed by atoms with Crippen LogP contribution in [-0.2, 0) is 9.59 Å². The van der Waals surface area contributed by atoms with Crippen LogP contribution in [0.3, 0.4) is 0 Å². The lowest BCUT2D eigenvalue weighted by atomic mass is 10.3. The fraction of sp³-hybridized carbons (Fsp3) is 0.273. The summed E-state index contributed by atoms with van der Waals surface area (Å²) in [6.07, 6.45) is -1.65. The van der Waals surface area contributed by atoms with Gasteiger partial charge in [-0.3, -0.25) is 4.79 Å². The predicted molar refractivity (Wildman–Crippen MR) is 58.5 cm³/mol. The van der Waals surface area contributed by atoms with Gasteiger partial charge in [-0.05, 0) is 24.3 Å². The second-order valence-electron chi connectivity index (χ2n) is 3.40. The van der Waals surface area contributed by atoms with E-state index in [0.717, 1.165) is 0 Å². The van der Waals surface area contributed by atoms with Crippen LogP contribution in [0.25, 0.3) is 0 Å². The summed E-state index contributed by atoms with van der Waals surface area (Å²) in [7, 11) is 0. The molecule has 1 atom stereocenters. The second-order valence-corrected chi connectivity index (χ2v) is 3.40. The minimum atomic E-state index is -1.65. The number of ether oxygens (including phenoxy) is 1. The average molecular weight is 257 g/mol. The third-order valence-corrected chi connectivity index (χ3v) is 1.96. The summed E-state index contributed by atoms with van der Waals surface area (Å²) >= 11 is 0. The van der Waals surface area contributed by atoms with Crippen molar-refractivity contribution in [3.05, 3.63) is 30.1 Å². The Balaban J connectivity index is 2.29. The van der Waals surface area contributed by atoms with E-state index in [4.69, 9.17) is 14.9 Å². The number of carbonyl (C=O) groups is 2. The van der Waals surface area contributed by atoms with Crippen LogP contribution < -0.4 is 10.1 Å². The molecule has 0 fully saturated rings. The van der Waals surface area contributed by atoms with Gasteiger partial charge in [0.25, 0.3) is 5.91 Å². The van der Waals surface area contributed by atoms with E-state index < -0.39 is 30.3 Å². The van der Waals surface area contributed by atoms with Crippen LogP contribution in [0.1, 0.15) is 0 Å². The van der Waals surface area contributed by atoms with E-state index in [1.165, 1.54) is 24.3 Å². The van der Waals surface area contributed by atoms with Gasteiger partial charge in [-0.1, -0.05) is 0 Å². The van der Waals surface area contributed by atoms with Gasteiger partial charge in [0.05, 0.1) is 6.54 Å². The molecule has 0 aliphatic rings. The Morgan fingerprint density at radius 2 is 1.94 bits per heavy atom. The molecular formula is C11H12FNO5. The van der Waals surface area contributed by atoms with Crippen molar-refractivity contribution in [1.82, 2.24) is 5.32 Å². The zero-order valence-corrected chi connectivity index (χ0v) is 9.30. The van der Waals surface area contributed by atoms with Gasteiger partial charge in [-0.25, -0.2) is 9.18 Å². The van der Waals surface area contributed by atoms with Crippen molar-refractivity contribution in [3.8, 4) is 5.75 Å². The fourth-order valence-electron chi connectivity index (χ4n) is 1.03. The number of rotatable bonds is 6. The summed E-state index contributed by atoms with van der Waals surface area (Å²) in [6, 6.07) is 5.08. The number of benzene rings is 1. The summed E-state index contributed by atoms with van der Waals surface area (Å²) in [5.74, 6) is -2.11. The molecule has 1 aromatic rings. The van der Waals surface area contributed by atoms with Gasteiger partial charge in [0, 0.05) is 0 Å². The molecule has 0 radical (unpaired) electrons. The Hall–Kier alpha value is -2.15. The normalized spacial score (nSPS) is 11.7. The summed E-state index contributed by atoms with van der Waals surface area (Å²) in [5.41, 5.74) is 0. The molecule has 7 heteroatoms. The molecule has 0 heterocycles.